The Labute approximate surface area is 114 Å². The van der Waals surface area contributed by atoms with Crippen LogP contribution in [0.1, 0.15) is 24.4 Å². The van der Waals surface area contributed by atoms with Crippen LogP contribution < -0.4 is 15.2 Å². The molecule has 1 aromatic carbocycles. The Kier molecular flexibility index (Phi) is 3.37. The zero-order valence-electron chi connectivity index (χ0n) is 11.6. The molecule has 0 spiro atoms. The molecule has 1 saturated carbocycles. The first-order chi connectivity index (χ1) is 9.15. The van der Waals surface area contributed by atoms with Gasteiger partial charge in [-0.2, -0.15) is 0 Å². The van der Waals surface area contributed by atoms with Crippen molar-refractivity contribution in [2.45, 2.75) is 24.9 Å². The van der Waals surface area contributed by atoms with E-state index in [-0.39, 0.29) is 0 Å². The minimum absolute atomic E-state index is 0.379. The van der Waals surface area contributed by atoms with E-state index in [1.54, 1.807) is 0 Å². The van der Waals surface area contributed by atoms with Gasteiger partial charge in [-0.1, -0.05) is 6.07 Å². The summed E-state index contributed by atoms with van der Waals surface area (Å²) in [7, 11) is 4.26. The second-order valence-electron chi connectivity index (χ2n) is 5.80. The van der Waals surface area contributed by atoms with Crippen LogP contribution in [0.25, 0.3) is 0 Å². The Morgan fingerprint density at radius 3 is 2.47 bits per heavy atom. The molecule has 0 saturated heterocycles. The number of nitrogens with two attached hydrogens (primary N) is 1. The molecule has 4 nitrogen and oxygen atoms in total. The maximum atomic E-state index is 5.93. The lowest BCUT2D eigenvalue weighted by Crippen LogP contribution is -2.43. The molecule has 1 unspecified atom stereocenters. The Hall–Kier alpha value is -1.26. The first-order valence-electron chi connectivity index (χ1n) is 6.96. The van der Waals surface area contributed by atoms with E-state index in [1.807, 2.05) is 6.07 Å². The topological polar surface area (TPSA) is 47.7 Å². The first-order valence-corrected chi connectivity index (χ1v) is 6.96. The van der Waals surface area contributed by atoms with Crippen LogP contribution in [0.15, 0.2) is 18.2 Å². The fourth-order valence-corrected chi connectivity index (χ4v) is 3.20. The van der Waals surface area contributed by atoms with Gasteiger partial charge in [0.1, 0.15) is 13.2 Å². The van der Waals surface area contributed by atoms with E-state index >= 15 is 0 Å². The molecule has 19 heavy (non-hydrogen) atoms. The molecular weight excluding hydrogens is 240 g/mol. The maximum absolute atomic E-state index is 5.93. The fraction of sp³-hybridized carbons (Fsp3) is 0.600. The molecule has 104 valence electrons. The SMILES string of the molecule is CN(C)C(c1ccc2c(c1)OCCO2)C1CC(N)C1. The van der Waals surface area contributed by atoms with Crippen molar-refractivity contribution in [2.24, 2.45) is 11.7 Å². The summed E-state index contributed by atoms with van der Waals surface area (Å²) in [4.78, 5) is 2.28. The number of ether oxygens (including phenoxy) is 2. The van der Waals surface area contributed by atoms with E-state index in [0.29, 0.717) is 31.2 Å². The lowest BCUT2D eigenvalue weighted by molar-refractivity contribution is 0.122. The molecular formula is C15H22N2O2. The van der Waals surface area contributed by atoms with Crippen LogP contribution in [-0.2, 0) is 0 Å². The Bertz CT molecular complexity index is 455. The molecule has 1 aliphatic carbocycles. The first kappa shape index (κ1) is 12.8. The van der Waals surface area contributed by atoms with E-state index < -0.39 is 0 Å². The molecule has 1 aromatic rings. The van der Waals surface area contributed by atoms with Gasteiger partial charge >= 0.3 is 0 Å². The number of fused-ring (bicyclic) bond motifs is 1. The van der Waals surface area contributed by atoms with E-state index in [2.05, 4.69) is 31.1 Å². The zero-order chi connectivity index (χ0) is 13.4. The van der Waals surface area contributed by atoms with Crippen LogP contribution in [0.2, 0.25) is 0 Å². The highest BCUT2D eigenvalue weighted by atomic mass is 16.6. The van der Waals surface area contributed by atoms with Crippen LogP contribution in [-0.4, -0.2) is 38.3 Å². The minimum atomic E-state index is 0.379. The van der Waals surface area contributed by atoms with Crippen LogP contribution >= 0.6 is 0 Å². The maximum Gasteiger partial charge on any atom is 0.161 e. The molecule has 1 fully saturated rings. The third kappa shape index (κ3) is 2.42. The van der Waals surface area contributed by atoms with Gasteiger partial charge in [0, 0.05) is 12.1 Å². The molecule has 0 aromatic heterocycles. The number of benzene rings is 1. The van der Waals surface area contributed by atoms with E-state index in [9.17, 15) is 0 Å². The lowest BCUT2D eigenvalue weighted by Gasteiger charge is -2.42. The normalized spacial score (nSPS) is 26.9. The summed E-state index contributed by atoms with van der Waals surface area (Å²) in [6.45, 7) is 1.28. The Balaban J connectivity index is 1.86. The van der Waals surface area contributed by atoms with Crippen LogP contribution in [0.3, 0.4) is 0 Å². The Morgan fingerprint density at radius 1 is 1.16 bits per heavy atom. The number of rotatable bonds is 3. The van der Waals surface area contributed by atoms with Crippen molar-refractivity contribution in [3.63, 3.8) is 0 Å². The molecule has 0 bridgehead atoms. The summed E-state index contributed by atoms with van der Waals surface area (Å²) in [6, 6.07) is 7.10. The number of hydrogen-bond donors (Lipinski definition) is 1. The van der Waals surface area contributed by atoms with Gasteiger partial charge in [-0.15, -0.1) is 0 Å². The van der Waals surface area contributed by atoms with Crippen LogP contribution in [0.4, 0.5) is 0 Å². The van der Waals surface area contributed by atoms with Crippen LogP contribution in [0.5, 0.6) is 11.5 Å². The van der Waals surface area contributed by atoms with Crippen molar-refractivity contribution in [2.75, 3.05) is 27.3 Å². The van der Waals surface area contributed by atoms with Gasteiger partial charge in [0.25, 0.3) is 0 Å². The second kappa shape index (κ2) is 5.02. The zero-order valence-corrected chi connectivity index (χ0v) is 11.6. The molecule has 0 amide bonds. The average molecular weight is 262 g/mol. The monoisotopic (exact) mass is 262 g/mol. The molecule has 3 rings (SSSR count). The van der Waals surface area contributed by atoms with Crippen molar-refractivity contribution in [3.8, 4) is 11.5 Å². The van der Waals surface area contributed by atoms with Crippen molar-refractivity contribution in [1.82, 2.24) is 4.90 Å². The summed E-state index contributed by atoms with van der Waals surface area (Å²) < 4.78 is 11.3. The predicted molar refractivity (Wildman–Crippen MR) is 74.6 cm³/mol. The van der Waals surface area contributed by atoms with Crippen molar-refractivity contribution in [3.05, 3.63) is 23.8 Å². The van der Waals surface area contributed by atoms with E-state index in [1.165, 1.54) is 5.56 Å². The number of nitrogens with zero attached hydrogens (tertiary/aromatic N) is 1. The molecule has 1 atom stereocenters. The molecule has 1 heterocycles. The van der Waals surface area contributed by atoms with Gasteiger partial charge in [0.2, 0.25) is 0 Å². The minimum Gasteiger partial charge on any atom is -0.486 e. The third-order valence-corrected chi connectivity index (χ3v) is 4.12. The van der Waals surface area contributed by atoms with Gasteiger partial charge in [0.15, 0.2) is 11.5 Å². The Morgan fingerprint density at radius 2 is 1.84 bits per heavy atom. The van der Waals surface area contributed by atoms with Gasteiger partial charge in [-0.3, -0.25) is 0 Å². The number of hydrogen-bond acceptors (Lipinski definition) is 4. The van der Waals surface area contributed by atoms with Crippen molar-refractivity contribution < 1.29 is 9.47 Å². The standard InChI is InChI=1S/C15H22N2O2/c1-17(2)15(11-7-12(16)8-11)10-3-4-13-14(9-10)19-6-5-18-13/h3-4,9,11-12,15H,5-8,16H2,1-2H3. The summed E-state index contributed by atoms with van der Waals surface area (Å²) in [5, 5.41) is 0. The van der Waals surface area contributed by atoms with Crippen molar-refractivity contribution in [1.29, 1.82) is 0 Å². The molecule has 1 aliphatic heterocycles. The fourth-order valence-electron chi connectivity index (χ4n) is 3.20. The second-order valence-corrected chi connectivity index (χ2v) is 5.80. The smallest absolute Gasteiger partial charge is 0.161 e. The summed E-state index contributed by atoms with van der Waals surface area (Å²) >= 11 is 0. The molecule has 4 heteroatoms. The highest BCUT2D eigenvalue weighted by molar-refractivity contribution is 5.45. The highest BCUT2D eigenvalue weighted by Gasteiger charge is 2.35. The third-order valence-electron chi connectivity index (χ3n) is 4.12. The van der Waals surface area contributed by atoms with Gasteiger partial charge in [-0.25, -0.2) is 0 Å². The van der Waals surface area contributed by atoms with Crippen molar-refractivity contribution >= 4 is 0 Å². The quantitative estimate of drug-likeness (QED) is 0.902. The van der Waals surface area contributed by atoms with E-state index in [0.717, 1.165) is 24.3 Å². The van der Waals surface area contributed by atoms with Gasteiger partial charge < -0.3 is 20.1 Å². The summed E-state index contributed by atoms with van der Waals surface area (Å²) in [5.74, 6) is 2.38. The van der Waals surface area contributed by atoms with Gasteiger partial charge in [0.05, 0.1) is 0 Å². The van der Waals surface area contributed by atoms with Crippen LogP contribution in [0, 0.1) is 5.92 Å². The molecule has 2 aliphatic rings. The summed E-state index contributed by atoms with van der Waals surface area (Å²) in [6.07, 6.45) is 2.22. The largest absolute Gasteiger partial charge is 0.486 e. The van der Waals surface area contributed by atoms with E-state index in [4.69, 9.17) is 15.2 Å². The average Bonchev–Trinajstić information content (AvgIpc) is 2.36. The predicted octanol–water partition coefficient (Wildman–Crippen LogP) is 1.80. The molecule has 2 N–H and O–H groups in total. The lowest BCUT2D eigenvalue weighted by atomic mass is 9.73. The highest BCUT2D eigenvalue weighted by Crippen LogP contribution is 2.42. The molecule has 0 radical (unpaired) electrons. The summed E-state index contributed by atoms with van der Waals surface area (Å²) in [5.41, 5.74) is 7.23. The van der Waals surface area contributed by atoms with Gasteiger partial charge in [-0.05, 0) is 50.6 Å².